The Labute approximate surface area is 130 Å². The monoisotopic (exact) mass is 386 g/mol. The van der Waals surface area contributed by atoms with E-state index in [1.807, 2.05) is 18.2 Å². The molecule has 0 nitrogen and oxygen atoms in total. The molecule has 0 heterocycles. The van der Waals surface area contributed by atoms with Gasteiger partial charge in [0, 0.05) is 14.8 Å². The fourth-order valence-electron chi connectivity index (χ4n) is 1.94. The van der Waals surface area contributed by atoms with Crippen LogP contribution >= 0.6 is 43.5 Å². The smallest absolute Gasteiger partial charge is 0.0449 e. The van der Waals surface area contributed by atoms with Crippen molar-refractivity contribution in [1.82, 2.24) is 0 Å². The van der Waals surface area contributed by atoms with E-state index in [1.54, 1.807) is 0 Å². The standard InChI is InChI=1S/C15H13Br2Cl/c16-10-13(11-4-2-1-3-5-11)8-12-6-7-14(17)9-15(12)18/h1-7,9,13H,8,10H2. The Hall–Kier alpha value is -0.310. The lowest BCUT2D eigenvalue weighted by Gasteiger charge is -2.15. The van der Waals surface area contributed by atoms with Gasteiger partial charge in [-0.3, -0.25) is 0 Å². The highest BCUT2D eigenvalue weighted by Gasteiger charge is 2.12. The lowest BCUT2D eigenvalue weighted by Crippen LogP contribution is -2.04. The fraction of sp³-hybridized carbons (Fsp3) is 0.200. The third kappa shape index (κ3) is 3.59. The van der Waals surface area contributed by atoms with Gasteiger partial charge >= 0.3 is 0 Å². The molecule has 1 atom stereocenters. The van der Waals surface area contributed by atoms with Crippen LogP contribution in [0.1, 0.15) is 17.0 Å². The molecule has 2 aromatic carbocycles. The van der Waals surface area contributed by atoms with E-state index >= 15 is 0 Å². The highest BCUT2D eigenvalue weighted by molar-refractivity contribution is 9.10. The number of hydrogen-bond acceptors (Lipinski definition) is 0. The van der Waals surface area contributed by atoms with E-state index in [4.69, 9.17) is 11.6 Å². The van der Waals surface area contributed by atoms with E-state index in [9.17, 15) is 0 Å². The van der Waals surface area contributed by atoms with Gasteiger partial charge in [0.2, 0.25) is 0 Å². The Morgan fingerprint density at radius 3 is 2.39 bits per heavy atom. The maximum atomic E-state index is 6.27. The van der Waals surface area contributed by atoms with Crippen molar-refractivity contribution in [2.45, 2.75) is 12.3 Å². The third-order valence-electron chi connectivity index (χ3n) is 2.94. The predicted octanol–water partition coefficient (Wildman–Crippen LogP) is 5.82. The zero-order chi connectivity index (χ0) is 13.0. The molecule has 0 bridgehead atoms. The summed E-state index contributed by atoms with van der Waals surface area (Å²) < 4.78 is 1.02. The third-order valence-corrected chi connectivity index (χ3v) is 4.57. The van der Waals surface area contributed by atoms with Crippen molar-refractivity contribution in [3.63, 3.8) is 0 Å². The quantitative estimate of drug-likeness (QED) is 0.579. The zero-order valence-corrected chi connectivity index (χ0v) is 13.7. The Morgan fingerprint density at radius 1 is 1.06 bits per heavy atom. The van der Waals surface area contributed by atoms with Gasteiger partial charge in [-0.1, -0.05) is 79.9 Å². The molecule has 1 unspecified atom stereocenters. The Bertz CT molecular complexity index is 511. The van der Waals surface area contributed by atoms with Crippen LogP contribution in [0.2, 0.25) is 5.02 Å². The average molecular weight is 389 g/mol. The van der Waals surface area contributed by atoms with Crippen LogP contribution in [0.3, 0.4) is 0 Å². The molecular formula is C15H13Br2Cl. The van der Waals surface area contributed by atoms with Crippen LogP contribution in [0.15, 0.2) is 53.0 Å². The number of hydrogen-bond donors (Lipinski definition) is 0. The molecule has 0 fully saturated rings. The van der Waals surface area contributed by atoms with Crippen LogP contribution < -0.4 is 0 Å². The first-order valence-electron chi connectivity index (χ1n) is 5.75. The molecule has 0 aliphatic heterocycles. The van der Waals surface area contributed by atoms with Crippen molar-refractivity contribution in [2.24, 2.45) is 0 Å². The first kappa shape index (κ1) is 14.1. The van der Waals surface area contributed by atoms with Gasteiger partial charge in [-0.05, 0) is 35.6 Å². The molecule has 0 aliphatic carbocycles. The van der Waals surface area contributed by atoms with Crippen molar-refractivity contribution < 1.29 is 0 Å². The van der Waals surface area contributed by atoms with Crippen LogP contribution in [0, 0.1) is 0 Å². The summed E-state index contributed by atoms with van der Waals surface area (Å²) in [6, 6.07) is 16.6. The van der Waals surface area contributed by atoms with Gasteiger partial charge < -0.3 is 0 Å². The molecule has 0 saturated carbocycles. The fourth-order valence-corrected chi connectivity index (χ4v) is 3.29. The molecule has 0 N–H and O–H groups in total. The summed E-state index contributed by atoms with van der Waals surface area (Å²) >= 11 is 13.3. The maximum absolute atomic E-state index is 6.27. The van der Waals surface area contributed by atoms with Crippen LogP contribution in [0.4, 0.5) is 0 Å². The molecule has 3 heteroatoms. The van der Waals surface area contributed by atoms with E-state index in [0.29, 0.717) is 5.92 Å². The topological polar surface area (TPSA) is 0 Å². The summed E-state index contributed by atoms with van der Waals surface area (Å²) in [5.41, 5.74) is 2.53. The summed E-state index contributed by atoms with van der Waals surface area (Å²) in [6.07, 6.45) is 0.946. The highest BCUT2D eigenvalue weighted by atomic mass is 79.9. The molecular weight excluding hydrogens is 375 g/mol. The SMILES string of the molecule is Clc1cc(Br)ccc1CC(CBr)c1ccccc1. The molecule has 94 valence electrons. The van der Waals surface area contributed by atoms with Gasteiger partial charge in [0.15, 0.2) is 0 Å². The molecule has 0 radical (unpaired) electrons. The van der Waals surface area contributed by atoms with Gasteiger partial charge in [-0.2, -0.15) is 0 Å². The van der Waals surface area contributed by atoms with Crippen molar-refractivity contribution in [3.8, 4) is 0 Å². The van der Waals surface area contributed by atoms with Gasteiger partial charge in [0.25, 0.3) is 0 Å². The molecule has 2 rings (SSSR count). The molecule has 0 aliphatic rings. The molecule has 0 aromatic heterocycles. The molecule has 0 spiro atoms. The van der Waals surface area contributed by atoms with Crippen LogP contribution in [0.5, 0.6) is 0 Å². The summed E-state index contributed by atoms with van der Waals surface area (Å²) in [5.74, 6) is 0.449. The second kappa shape index (κ2) is 6.74. The summed E-state index contributed by atoms with van der Waals surface area (Å²) in [4.78, 5) is 0. The largest absolute Gasteiger partial charge is 0.0921 e. The Kier molecular flexibility index (Phi) is 5.28. The summed E-state index contributed by atoms with van der Waals surface area (Å²) in [6.45, 7) is 0. The van der Waals surface area contributed by atoms with Crippen molar-refractivity contribution >= 4 is 43.5 Å². The minimum absolute atomic E-state index is 0.449. The van der Waals surface area contributed by atoms with E-state index in [0.717, 1.165) is 21.2 Å². The van der Waals surface area contributed by atoms with Crippen LogP contribution in [0.25, 0.3) is 0 Å². The van der Waals surface area contributed by atoms with Gasteiger partial charge in [0.05, 0.1) is 0 Å². The summed E-state index contributed by atoms with van der Waals surface area (Å²) in [7, 11) is 0. The van der Waals surface area contributed by atoms with Crippen LogP contribution in [-0.4, -0.2) is 5.33 Å². The predicted molar refractivity (Wildman–Crippen MR) is 85.8 cm³/mol. The normalized spacial score (nSPS) is 12.4. The number of rotatable bonds is 4. The first-order chi connectivity index (χ1) is 8.70. The maximum Gasteiger partial charge on any atom is 0.0449 e. The first-order valence-corrected chi connectivity index (χ1v) is 8.05. The Morgan fingerprint density at radius 2 is 1.78 bits per heavy atom. The van der Waals surface area contributed by atoms with Crippen molar-refractivity contribution in [3.05, 3.63) is 69.2 Å². The lowest BCUT2D eigenvalue weighted by molar-refractivity contribution is 0.775. The minimum Gasteiger partial charge on any atom is -0.0921 e. The number of halogens is 3. The van der Waals surface area contributed by atoms with E-state index in [-0.39, 0.29) is 0 Å². The molecule has 18 heavy (non-hydrogen) atoms. The van der Waals surface area contributed by atoms with Gasteiger partial charge in [0.1, 0.15) is 0 Å². The summed E-state index contributed by atoms with van der Waals surface area (Å²) in [5, 5.41) is 1.76. The lowest BCUT2D eigenvalue weighted by atomic mass is 9.94. The average Bonchev–Trinajstić information content (AvgIpc) is 2.39. The van der Waals surface area contributed by atoms with Crippen molar-refractivity contribution in [1.29, 1.82) is 0 Å². The number of benzene rings is 2. The zero-order valence-electron chi connectivity index (χ0n) is 9.74. The van der Waals surface area contributed by atoms with Crippen LogP contribution in [-0.2, 0) is 6.42 Å². The van der Waals surface area contributed by atoms with E-state index in [2.05, 4.69) is 62.2 Å². The second-order valence-corrected chi connectivity index (χ2v) is 6.17. The molecule has 0 saturated heterocycles. The van der Waals surface area contributed by atoms with Gasteiger partial charge in [-0.15, -0.1) is 0 Å². The van der Waals surface area contributed by atoms with Gasteiger partial charge in [-0.25, -0.2) is 0 Å². The second-order valence-electron chi connectivity index (χ2n) is 4.20. The van der Waals surface area contributed by atoms with Crippen molar-refractivity contribution in [2.75, 3.05) is 5.33 Å². The number of alkyl halides is 1. The van der Waals surface area contributed by atoms with E-state index in [1.165, 1.54) is 11.1 Å². The highest BCUT2D eigenvalue weighted by Crippen LogP contribution is 2.28. The minimum atomic E-state index is 0.449. The molecule has 2 aromatic rings. The Balaban J connectivity index is 2.21. The van der Waals surface area contributed by atoms with E-state index < -0.39 is 0 Å². The molecule has 0 amide bonds.